The van der Waals surface area contributed by atoms with Crippen LogP contribution < -0.4 is 15.4 Å². The lowest BCUT2D eigenvalue weighted by Crippen LogP contribution is -2.33. The van der Waals surface area contributed by atoms with Crippen LogP contribution in [0.5, 0.6) is 5.75 Å². The molecule has 0 saturated heterocycles. The molecule has 3 N–H and O–H groups in total. The molecule has 37 heavy (non-hydrogen) atoms. The van der Waals surface area contributed by atoms with Crippen molar-refractivity contribution in [2.75, 3.05) is 18.5 Å². The van der Waals surface area contributed by atoms with Crippen molar-refractivity contribution in [3.05, 3.63) is 90.0 Å². The summed E-state index contributed by atoms with van der Waals surface area (Å²) in [4.78, 5) is 22.9. The van der Waals surface area contributed by atoms with Crippen LogP contribution in [0.15, 0.2) is 78.9 Å². The van der Waals surface area contributed by atoms with E-state index in [1.54, 1.807) is 6.07 Å². The normalized spacial score (nSPS) is 11.2. The minimum atomic E-state index is -1.09. The largest absolute Gasteiger partial charge is 0.493 e. The number of nitrogens with one attached hydrogen (secondary N) is 2. The van der Waals surface area contributed by atoms with E-state index in [9.17, 15) is 9.59 Å². The first kappa shape index (κ1) is 27.3. The van der Waals surface area contributed by atoms with Crippen molar-refractivity contribution in [2.45, 2.75) is 39.2 Å². The van der Waals surface area contributed by atoms with Gasteiger partial charge in [0.05, 0.1) is 12.3 Å². The number of carbonyl (C=O) groups is 2. The highest BCUT2D eigenvalue weighted by molar-refractivity contribution is 5.91. The number of carbonyl (C=O) groups excluding carboxylic acids is 1. The quantitative estimate of drug-likeness (QED) is 0.260. The molecule has 0 aromatic heterocycles. The number of carboxylic acid groups (broad SMARTS) is 1. The molecule has 0 heterocycles. The van der Waals surface area contributed by atoms with Crippen molar-refractivity contribution >= 4 is 23.9 Å². The molecule has 0 aliphatic carbocycles. The van der Waals surface area contributed by atoms with Crippen molar-refractivity contribution in [1.29, 1.82) is 0 Å². The third-order valence-electron chi connectivity index (χ3n) is 5.24. The number of ether oxygens (including phenoxy) is 2. The summed E-state index contributed by atoms with van der Waals surface area (Å²) in [7, 11) is 0. The van der Waals surface area contributed by atoms with Crippen LogP contribution in [0.25, 0.3) is 17.2 Å². The highest BCUT2D eigenvalue weighted by Gasteiger charge is 2.15. The second kappa shape index (κ2) is 13.2. The Morgan fingerprint density at radius 1 is 0.973 bits per heavy atom. The fourth-order valence-corrected chi connectivity index (χ4v) is 3.59. The Labute approximate surface area is 218 Å². The van der Waals surface area contributed by atoms with Crippen LogP contribution in [0.3, 0.4) is 0 Å². The third-order valence-corrected chi connectivity index (χ3v) is 5.24. The van der Waals surface area contributed by atoms with Crippen molar-refractivity contribution in [3.63, 3.8) is 0 Å². The molecular weight excluding hydrogens is 468 g/mol. The summed E-state index contributed by atoms with van der Waals surface area (Å²) < 4.78 is 11.1. The molecule has 0 spiro atoms. The van der Waals surface area contributed by atoms with Crippen LogP contribution in [0, 0.1) is 0 Å². The molecule has 7 heteroatoms. The fourth-order valence-electron chi connectivity index (χ4n) is 3.59. The lowest BCUT2D eigenvalue weighted by molar-refractivity contribution is 0.0528. The van der Waals surface area contributed by atoms with E-state index in [1.165, 1.54) is 0 Å². The van der Waals surface area contributed by atoms with E-state index in [0.717, 1.165) is 34.4 Å². The molecular formula is C30H34N2O5. The van der Waals surface area contributed by atoms with Crippen LogP contribution in [0.1, 0.15) is 38.3 Å². The van der Waals surface area contributed by atoms with E-state index < -0.39 is 17.8 Å². The van der Waals surface area contributed by atoms with E-state index in [1.807, 2.05) is 99.7 Å². The molecule has 3 aromatic rings. The van der Waals surface area contributed by atoms with Gasteiger partial charge in [0.15, 0.2) is 0 Å². The average molecular weight is 503 g/mol. The minimum absolute atomic E-state index is 0.412. The molecule has 0 aliphatic rings. The number of benzene rings is 3. The second-order valence-electron chi connectivity index (χ2n) is 9.46. The topological polar surface area (TPSA) is 96.9 Å². The Kier molecular flexibility index (Phi) is 9.72. The minimum Gasteiger partial charge on any atom is -0.493 e. The molecule has 0 aliphatic heterocycles. The Hall–Kier alpha value is -4.26. The van der Waals surface area contributed by atoms with Gasteiger partial charge in [0.1, 0.15) is 11.4 Å². The van der Waals surface area contributed by atoms with Crippen LogP contribution in [-0.4, -0.2) is 36.0 Å². The van der Waals surface area contributed by atoms with Gasteiger partial charge in [-0.05, 0) is 74.6 Å². The van der Waals surface area contributed by atoms with Crippen LogP contribution in [0.2, 0.25) is 0 Å². The summed E-state index contributed by atoms with van der Waals surface area (Å²) in [5.74, 6) is 0.785. The monoisotopic (exact) mass is 502 g/mol. The third kappa shape index (κ3) is 9.72. The molecule has 194 valence electrons. The highest BCUT2D eigenvalue weighted by atomic mass is 16.6. The molecule has 0 atom stereocenters. The Morgan fingerprint density at radius 2 is 1.70 bits per heavy atom. The predicted molar refractivity (Wildman–Crippen MR) is 147 cm³/mol. The van der Waals surface area contributed by atoms with Gasteiger partial charge in [0.2, 0.25) is 0 Å². The summed E-state index contributed by atoms with van der Waals surface area (Å²) in [6.07, 6.45) is 3.95. The maximum Gasteiger partial charge on any atom is 0.409 e. The SMILES string of the molecule is CC(C)(C)OC(=O)NCCc1ccc(OCCC=Cc2ccc(NC(=O)O)c(-c3ccccc3)c2)cc1. The van der Waals surface area contributed by atoms with Gasteiger partial charge >= 0.3 is 12.2 Å². The number of hydrogen-bond acceptors (Lipinski definition) is 4. The number of hydrogen-bond donors (Lipinski definition) is 3. The summed E-state index contributed by atoms with van der Waals surface area (Å²) >= 11 is 0. The first-order valence-corrected chi connectivity index (χ1v) is 12.2. The number of anilines is 1. The zero-order valence-corrected chi connectivity index (χ0v) is 21.5. The number of alkyl carbamates (subject to hydrolysis) is 1. The zero-order chi connectivity index (χ0) is 26.7. The summed E-state index contributed by atoms with van der Waals surface area (Å²) in [6.45, 7) is 6.53. The zero-order valence-electron chi connectivity index (χ0n) is 21.5. The maximum atomic E-state index is 11.7. The van der Waals surface area contributed by atoms with Gasteiger partial charge < -0.3 is 19.9 Å². The fraction of sp³-hybridized carbons (Fsp3) is 0.267. The molecule has 3 aromatic carbocycles. The van der Waals surface area contributed by atoms with Gasteiger partial charge in [-0.25, -0.2) is 9.59 Å². The predicted octanol–water partition coefficient (Wildman–Crippen LogP) is 6.99. The summed E-state index contributed by atoms with van der Waals surface area (Å²) in [6, 6.07) is 23.1. The van der Waals surface area contributed by atoms with Gasteiger partial charge in [-0.15, -0.1) is 0 Å². The molecule has 0 bridgehead atoms. The van der Waals surface area contributed by atoms with Crippen molar-refractivity contribution in [1.82, 2.24) is 5.32 Å². The van der Waals surface area contributed by atoms with Crippen molar-refractivity contribution < 1.29 is 24.2 Å². The molecule has 0 unspecified atom stereocenters. The Bertz CT molecular complexity index is 1200. The number of rotatable bonds is 10. The first-order valence-electron chi connectivity index (χ1n) is 12.2. The highest BCUT2D eigenvalue weighted by Crippen LogP contribution is 2.29. The van der Waals surface area contributed by atoms with Crippen molar-refractivity contribution in [2.24, 2.45) is 0 Å². The van der Waals surface area contributed by atoms with Gasteiger partial charge in [-0.2, -0.15) is 0 Å². The number of amides is 2. The van der Waals surface area contributed by atoms with Crippen LogP contribution >= 0.6 is 0 Å². The van der Waals surface area contributed by atoms with E-state index in [-0.39, 0.29) is 0 Å². The molecule has 0 radical (unpaired) electrons. The molecule has 7 nitrogen and oxygen atoms in total. The van der Waals surface area contributed by atoms with E-state index >= 15 is 0 Å². The maximum absolute atomic E-state index is 11.7. The van der Waals surface area contributed by atoms with Gasteiger partial charge in [0, 0.05) is 12.1 Å². The average Bonchev–Trinajstić information content (AvgIpc) is 2.84. The molecule has 0 fully saturated rings. The Morgan fingerprint density at radius 3 is 2.38 bits per heavy atom. The summed E-state index contributed by atoms with van der Waals surface area (Å²) in [5, 5.41) is 14.4. The first-order chi connectivity index (χ1) is 17.7. The van der Waals surface area contributed by atoms with Gasteiger partial charge in [-0.1, -0.05) is 60.7 Å². The van der Waals surface area contributed by atoms with E-state index in [2.05, 4.69) is 10.6 Å². The second-order valence-corrected chi connectivity index (χ2v) is 9.46. The lowest BCUT2D eigenvalue weighted by Gasteiger charge is -2.19. The van der Waals surface area contributed by atoms with Crippen molar-refractivity contribution in [3.8, 4) is 16.9 Å². The Balaban J connectivity index is 1.47. The molecule has 0 saturated carbocycles. The van der Waals surface area contributed by atoms with E-state index in [4.69, 9.17) is 14.6 Å². The van der Waals surface area contributed by atoms with Crippen LogP contribution in [0.4, 0.5) is 15.3 Å². The lowest BCUT2D eigenvalue weighted by atomic mass is 10.0. The smallest absolute Gasteiger partial charge is 0.409 e. The molecule has 3 rings (SSSR count). The van der Waals surface area contributed by atoms with Gasteiger partial charge in [0.25, 0.3) is 0 Å². The van der Waals surface area contributed by atoms with E-state index in [0.29, 0.717) is 25.3 Å². The molecule has 2 amide bonds. The summed E-state index contributed by atoms with van der Waals surface area (Å²) in [5.41, 5.74) is 3.87. The van der Waals surface area contributed by atoms with Gasteiger partial charge in [-0.3, -0.25) is 5.32 Å². The standard InChI is InChI=1S/C30H34N2O5/c1-30(2,3)37-29(35)31-19-18-22-12-15-25(16-13-22)36-20-8-7-9-23-14-17-27(32-28(33)34)26(21-23)24-10-5-4-6-11-24/h4-7,9-17,21,32H,8,18-20H2,1-3H3,(H,31,35)(H,33,34). The van der Waals surface area contributed by atoms with Crippen LogP contribution in [-0.2, 0) is 11.2 Å².